The molecule has 0 aromatic rings. The van der Waals surface area contributed by atoms with Gasteiger partial charge in [0.25, 0.3) is 0 Å². The van der Waals surface area contributed by atoms with Crippen molar-refractivity contribution in [3.05, 3.63) is 0 Å². The Hall–Kier alpha value is -0.600. The van der Waals surface area contributed by atoms with Gasteiger partial charge in [-0.25, -0.2) is 4.39 Å². The first kappa shape index (κ1) is 11.5. The number of alkyl halides is 1. The molecule has 0 saturated heterocycles. The Labute approximate surface area is 85.5 Å². The summed E-state index contributed by atoms with van der Waals surface area (Å²) >= 11 is 0. The van der Waals surface area contributed by atoms with E-state index in [1.165, 1.54) is 0 Å². The van der Waals surface area contributed by atoms with Crippen LogP contribution >= 0.6 is 0 Å². The van der Waals surface area contributed by atoms with Crippen LogP contribution in [0.3, 0.4) is 0 Å². The molecule has 0 aromatic heterocycles. The number of carbonyl (C=O) groups is 1. The van der Waals surface area contributed by atoms with Crippen LogP contribution in [0.1, 0.15) is 39.0 Å². The fourth-order valence-electron chi connectivity index (χ4n) is 2.11. The van der Waals surface area contributed by atoms with Gasteiger partial charge in [-0.3, -0.25) is 4.79 Å². The maximum Gasteiger partial charge on any atom is 0.225 e. The average Bonchev–Trinajstić information content (AvgIpc) is 2.17. The molecule has 3 heteroatoms. The highest BCUT2D eigenvalue weighted by molar-refractivity contribution is 5.78. The van der Waals surface area contributed by atoms with E-state index in [0.29, 0.717) is 12.8 Å². The number of nitrogens with zero attached hydrogens (tertiary/aromatic N) is 1. The smallest absolute Gasteiger partial charge is 0.225 e. The van der Waals surface area contributed by atoms with Crippen LogP contribution in [-0.4, -0.2) is 30.6 Å². The Morgan fingerprint density at radius 1 is 1.50 bits per heavy atom. The molecular formula is C11H20FNO. The molecule has 1 saturated carbocycles. The van der Waals surface area contributed by atoms with E-state index < -0.39 is 6.17 Å². The summed E-state index contributed by atoms with van der Waals surface area (Å²) in [5.74, 6) is 0.0736. The number of rotatable bonds is 3. The highest BCUT2D eigenvalue weighted by atomic mass is 19.1. The highest BCUT2D eigenvalue weighted by Gasteiger charge is 2.28. The molecule has 0 aromatic carbocycles. The summed E-state index contributed by atoms with van der Waals surface area (Å²) < 4.78 is 13.1. The Balaban J connectivity index is 2.42. The molecule has 1 fully saturated rings. The van der Waals surface area contributed by atoms with E-state index in [9.17, 15) is 9.18 Å². The predicted molar refractivity (Wildman–Crippen MR) is 54.8 cm³/mol. The van der Waals surface area contributed by atoms with Crippen molar-refractivity contribution >= 4 is 5.91 Å². The first-order valence-electron chi connectivity index (χ1n) is 5.54. The van der Waals surface area contributed by atoms with Gasteiger partial charge in [-0.1, -0.05) is 6.92 Å². The zero-order valence-electron chi connectivity index (χ0n) is 9.13. The molecule has 82 valence electrons. The third-order valence-corrected chi connectivity index (χ3v) is 2.89. The Morgan fingerprint density at radius 2 is 2.21 bits per heavy atom. The number of hydrogen-bond donors (Lipinski definition) is 0. The lowest BCUT2D eigenvalue weighted by atomic mass is 9.87. The summed E-state index contributed by atoms with van der Waals surface area (Å²) in [7, 11) is 1.81. The minimum atomic E-state index is -0.757. The number of carbonyl (C=O) groups excluding carboxylic acids is 1. The van der Waals surface area contributed by atoms with Crippen molar-refractivity contribution in [3.63, 3.8) is 0 Å². The van der Waals surface area contributed by atoms with Crippen molar-refractivity contribution < 1.29 is 9.18 Å². The Morgan fingerprint density at radius 3 is 2.79 bits per heavy atom. The van der Waals surface area contributed by atoms with E-state index in [2.05, 4.69) is 0 Å². The fourth-order valence-corrected chi connectivity index (χ4v) is 2.11. The van der Waals surface area contributed by atoms with Crippen LogP contribution in [0.5, 0.6) is 0 Å². The fraction of sp³-hybridized carbons (Fsp3) is 0.909. The Bertz CT molecular complexity index is 196. The van der Waals surface area contributed by atoms with Crippen molar-refractivity contribution in [2.45, 2.75) is 45.2 Å². The SMILES string of the molecule is CCCN(C)C(=O)[C@@H]1CCC[C@@H](F)C1. The van der Waals surface area contributed by atoms with Gasteiger partial charge in [0.15, 0.2) is 0 Å². The summed E-state index contributed by atoms with van der Waals surface area (Å²) in [6.45, 7) is 2.83. The van der Waals surface area contributed by atoms with Gasteiger partial charge in [0.2, 0.25) is 5.91 Å². The monoisotopic (exact) mass is 201 g/mol. The third kappa shape index (κ3) is 2.96. The van der Waals surface area contributed by atoms with Gasteiger partial charge in [-0.2, -0.15) is 0 Å². The van der Waals surface area contributed by atoms with Gasteiger partial charge in [0.1, 0.15) is 6.17 Å². The molecule has 1 aliphatic rings. The third-order valence-electron chi connectivity index (χ3n) is 2.89. The number of halogens is 1. The van der Waals surface area contributed by atoms with Crippen LogP contribution in [-0.2, 0) is 4.79 Å². The van der Waals surface area contributed by atoms with E-state index in [1.54, 1.807) is 4.90 Å². The van der Waals surface area contributed by atoms with Crippen LogP contribution in [0.25, 0.3) is 0 Å². The number of amides is 1. The zero-order chi connectivity index (χ0) is 10.6. The molecule has 0 unspecified atom stereocenters. The van der Waals surface area contributed by atoms with Gasteiger partial charge in [-0.15, -0.1) is 0 Å². The van der Waals surface area contributed by atoms with Crippen LogP contribution in [0.4, 0.5) is 4.39 Å². The van der Waals surface area contributed by atoms with E-state index in [0.717, 1.165) is 25.8 Å². The molecule has 0 N–H and O–H groups in total. The van der Waals surface area contributed by atoms with E-state index in [1.807, 2.05) is 14.0 Å². The molecule has 1 amide bonds. The van der Waals surface area contributed by atoms with Gasteiger partial charge in [0, 0.05) is 19.5 Å². The summed E-state index contributed by atoms with van der Waals surface area (Å²) in [5, 5.41) is 0. The molecule has 0 radical (unpaired) electrons. The molecular weight excluding hydrogens is 181 g/mol. The molecule has 2 nitrogen and oxygen atoms in total. The first-order chi connectivity index (χ1) is 6.65. The van der Waals surface area contributed by atoms with Crippen LogP contribution in [0.15, 0.2) is 0 Å². The maximum atomic E-state index is 13.1. The zero-order valence-corrected chi connectivity index (χ0v) is 9.13. The predicted octanol–water partition coefficient (Wildman–Crippen LogP) is 2.38. The minimum absolute atomic E-state index is 0.0599. The molecule has 14 heavy (non-hydrogen) atoms. The second-order valence-electron chi connectivity index (χ2n) is 4.22. The van der Waals surface area contributed by atoms with Crippen molar-refractivity contribution in [2.24, 2.45) is 5.92 Å². The van der Waals surface area contributed by atoms with E-state index in [-0.39, 0.29) is 11.8 Å². The quantitative estimate of drug-likeness (QED) is 0.686. The van der Waals surface area contributed by atoms with Crippen molar-refractivity contribution in [1.29, 1.82) is 0 Å². The van der Waals surface area contributed by atoms with Crippen LogP contribution in [0, 0.1) is 5.92 Å². The topological polar surface area (TPSA) is 20.3 Å². The van der Waals surface area contributed by atoms with Crippen molar-refractivity contribution in [3.8, 4) is 0 Å². The lowest BCUT2D eigenvalue weighted by Gasteiger charge is -2.27. The molecule has 0 aliphatic heterocycles. The number of hydrogen-bond acceptors (Lipinski definition) is 1. The molecule has 0 heterocycles. The van der Waals surface area contributed by atoms with Crippen molar-refractivity contribution in [2.75, 3.05) is 13.6 Å². The molecule has 1 rings (SSSR count). The summed E-state index contributed by atoms with van der Waals surface area (Å²) in [4.78, 5) is 13.5. The summed E-state index contributed by atoms with van der Waals surface area (Å²) in [5.41, 5.74) is 0. The lowest BCUT2D eigenvalue weighted by molar-refractivity contribution is -0.135. The second-order valence-corrected chi connectivity index (χ2v) is 4.22. The highest BCUT2D eigenvalue weighted by Crippen LogP contribution is 2.27. The first-order valence-corrected chi connectivity index (χ1v) is 5.54. The largest absolute Gasteiger partial charge is 0.346 e. The van der Waals surface area contributed by atoms with Crippen LogP contribution < -0.4 is 0 Å². The van der Waals surface area contributed by atoms with Gasteiger partial charge in [0.05, 0.1) is 0 Å². The average molecular weight is 201 g/mol. The summed E-state index contributed by atoms with van der Waals surface area (Å²) in [6, 6.07) is 0. The van der Waals surface area contributed by atoms with E-state index in [4.69, 9.17) is 0 Å². The van der Waals surface area contributed by atoms with E-state index >= 15 is 0 Å². The van der Waals surface area contributed by atoms with Gasteiger partial charge in [-0.05, 0) is 32.1 Å². The Kier molecular flexibility index (Phi) is 4.36. The molecule has 0 spiro atoms. The molecule has 1 aliphatic carbocycles. The lowest BCUT2D eigenvalue weighted by Crippen LogP contribution is -2.36. The summed E-state index contributed by atoms with van der Waals surface area (Å²) in [6.07, 6.45) is 3.01. The standard InChI is InChI=1S/C11H20FNO/c1-3-7-13(2)11(14)9-5-4-6-10(12)8-9/h9-10H,3-8H2,1-2H3/t9-,10-/m1/s1. The maximum absolute atomic E-state index is 13.1. The van der Waals surface area contributed by atoms with Crippen molar-refractivity contribution in [1.82, 2.24) is 4.90 Å². The van der Waals surface area contributed by atoms with Gasteiger partial charge < -0.3 is 4.90 Å². The van der Waals surface area contributed by atoms with Gasteiger partial charge >= 0.3 is 0 Å². The second kappa shape index (κ2) is 5.32. The normalized spacial score (nSPS) is 27.4. The molecule has 2 atom stereocenters. The minimum Gasteiger partial charge on any atom is -0.346 e. The van der Waals surface area contributed by atoms with Crippen LogP contribution in [0.2, 0.25) is 0 Å². The molecule has 0 bridgehead atoms.